The summed E-state index contributed by atoms with van der Waals surface area (Å²) in [5.74, 6) is -0.0612. The molecule has 1 aromatic rings. The van der Waals surface area contributed by atoms with E-state index in [1.54, 1.807) is 24.2 Å². The van der Waals surface area contributed by atoms with Crippen molar-refractivity contribution in [2.24, 2.45) is 7.05 Å². The standard InChI is InChI=1S/C14H21N3O2/c1-3-17(10-12-5-4-7-15-12)14(19)11-6-8-16(2)13(18)9-11/h6,8-9,12,15H,3-5,7,10H2,1-2H3. The Morgan fingerprint density at radius 2 is 2.37 bits per heavy atom. The maximum absolute atomic E-state index is 12.4. The van der Waals surface area contributed by atoms with Gasteiger partial charge in [-0.25, -0.2) is 0 Å². The lowest BCUT2D eigenvalue weighted by atomic mass is 10.2. The van der Waals surface area contributed by atoms with Gasteiger partial charge >= 0.3 is 0 Å². The number of hydrogen-bond acceptors (Lipinski definition) is 3. The van der Waals surface area contributed by atoms with Gasteiger partial charge in [-0.15, -0.1) is 0 Å². The van der Waals surface area contributed by atoms with Crippen LogP contribution in [0.3, 0.4) is 0 Å². The summed E-state index contributed by atoms with van der Waals surface area (Å²) in [5.41, 5.74) is 0.323. The van der Waals surface area contributed by atoms with Crippen LogP contribution >= 0.6 is 0 Å². The molecule has 5 nitrogen and oxygen atoms in total. The number of carbonyl (C=O) groups excluding carboxylic acids is 1. The molecule has 1 N–H and O–H groups in total. The van der Waals surface area contributed by atoms with E-state index in [9.17, 15) is 9.59 Å². The lowest BCUT2D eigenvalue weighted by Gasteiger charge is -2.24. The van der Waals surface area contributed by atoms with Gasteiger partial charge in [0.1, 0.15) is 0 Å². The Morgan fingerprint density at radius 3 is 2.95 bits per heavy atom. The van der Waals surface area contributed by atoms with E-state index in [0.29, 0.717) is 24.7 Å². The molecule has 104 valence electrons. The van der Waals surface area contributed by atoms with Crippen LogP contribution in [0, 0.1) is 0 Å². The molecule has 1 amide bonds. The van der Waals surface area contributed by atoms with Crippen LogP contribution in [0.2, 0.25) is 0 Å². The van der Waals surface area contributed by atoms with Crippen molar-refractivity contribution < 1.29 is 4.79 Å². The predicted octanol–water partition coefficient (Wildman–Crippen LogP) is 0.599. The van der Waals surface area contributed by atoms with Crippen molar-refractivity contribution >= 4 is 5.91 Å². The minimum atomic E-state index is -0.152. The number of carbonyl (C=O) groups is 1. The molecular weight excluding hydrogens is 242 g/mol. The highest BCUT2D eigenvalue weighted by Gasteiger charge is 2.21. The Hall–Kier alpha value is -1.62. The number of amides is 1. The van der Waals surface area contributed by atoms with Crippen LogP contribution in [-0.4, -0.2) is 41.1 Å². The summed E-state index contributed by atoms with van der Waals surface area (Å²) in [4.78, 5) is 25.8. The first kappa shape index (κ1) is 13.8. The van der Waals surface area contributed by atoms with Crippen LogP contribution in [0.1, 0.15) is 30.1 Å². The van der Waals surface area contributed by atoms with Crippen LogP contribution in [-0.2, 0) is 7.05 Å². The average molecular weight is 263 g/mol. The third kappa shape index (κ3) is 3.23. The molecule has 0 aliphatic carbocycles. The Balaban J connectivity index is 2.10. The number of pyridine rings is 1. The molecule has 0 spiro atoms. The molecule has 1 aliphatic rings. The summed E-state index contributed by atoms with van der Waals surface area (Å²) in [6.45, 7) is 4.37. The minimum absolute atomic E-state index is 0.0612. The van der Waals surface area contributed by atoms with E-state index in [4.69, 9.17) is 0 Å². The van der Waals surface area contributed by atoms with Gasteiger partial charge in [0.05, 0.1) is 0 Å². The highest BCUT2D eigenvalue weighted by atomic mass is 16.2. The third-order valence-electron chi connectivity index (χ3n) is 3.62. The molecular formula is C14H21N3O2. The van der Waals surface area contributed by atoms with Gasteiger partial charge in [-0.1, -0.05) is 0 Å². The van der Waals surface area contributed by atoms with E-state index in [2.05, 4.69) is 5.32 Å². The van der Waals surface area contributed by atoms with E-state index in [-0.39, 0.29) is 11.5 Å². The van der Waals surface area contributed by atoms with Gasteiger partial charge in [0.15, 0.2) is 0 Å². The summed E-state index contributed by atoms with van der Waals surface area (Å²) >= 11 is 0. The van der Waals surface area contributed by atoms with Crippen molar-refractivity contribution in [1.82, 2.24) is 14.8 Å². The Kier molecular flexibility index (Phi) is 4.37. The lowest BCUT2D eigenvalue weighted by Crippen LogP contribution is -2.41. The number of hydrogen-bond donors (Lipinski definition) is 1. The van der Waals surface area contributed by atoms with Gasteiger partial charge < -0.3 is 14.8 Å². The molecule has 19 heavy (non-hydrogen) atoms. The Bertz CT molecular complexity index is 504. The van der Waals surface area contributed by atoms with Gasteiger partial charge in [0.2, 0.25) is 0 Å². The van der Waals surface area contributed by atoms with Crippen molar-refractivity contribution in [2.75, 3.05) is 19.6 Å². The van der Waals surface area contributed by atoms with E-state index >= 15 is 0 Å². The van der Waals surface area contributed by atoms with Gasteiger partial charge in [-0.3, -0.25) is 9.59 Å². The molecule has 1 fully saturated rings. The SMILES string of the molecule is CCN(CC1CCCN1)C(=O)c1ccn(C)c(=O)c1. The van der Waals surface area contributed by atoms with Crippen LogP contribution in [0.25, 0.3) is 0 Å². The maximum atomic E-state index is 12.4. The summed E-state index contributed by atoms with van der Waals surface area (Å²) in [6, 6.07) is 3.50. The molecule has 2 heterocycles. The van der Waals surface area contributed by atoms with Crippen molar-refractivity contribution in [2.45, 2.75) is 25.8 Å². The fourth-order valence-electron chi connectivity index (χ4n) is 2.40. The first-order valence-electron chi connectivity index (χ1n) is 6.81. The predicted molar refractivity (Wildman–Crippen MR) is 74.3 cm³/mol. The summed E-state index contributed by atoms with van der Waals surface area (Å²) in [7, 11) is 1.68. The van der Waals surface area contributed by atoms with E-state index < -0.39 is 0 Å². The summed E-state index contributed by atoms with van der Waals surface area (Å²) in [6.07, 6.45) is 3.92. The van der Waals surface area contributed by atoms with E-state index in [1.807, 2.05) is 6.92 Å². The molecule has 0 bridgehead atoms. The van der Waals surface area contributed by atoms with Crippen molar-refractivity contribution in [3.05, 3.63) is 34.2 Å². The molecule has 0 radical (unpaired) electrons. The van der Waals surface area contributed by atoms with Crippen LogP contribution < -0.4 is 10.9 Å². The number of rotatable bonds is 4. The minimum Gasteiger partial charge on any atom is -0.337 e. The van der Waals surface area contributed by atoms with Gasteiger partial charge in [0.25, 0.3) is 11.5 Å². The zero-order valence-corrected chi connectivity index (χ0v) is 11.6. The smallest absolute Gasteiger partial charge is 0.254 e. The first-order valence-corrected chi connectivity index (χ1v) is 6.81. The molecule has 0 saturated carbocycles. The fourth-order valence-corrected chi connectivity index (χ4v) is 2.40. The van der Waals surface area contributed by atoms with Gasteiger partial charge in [0, 0.05) is 44.0 Å². The molecule has 0 aromatic carbocycles. The Morgan fingerprint density at radius 1 is 1.58 bits per heavy atom. The van der Waals surface area contributed by atoms with E-state index in [0.717, 1.165) is 13.0 Å². The summed E-state index contributed by atoms with van der Waals surface area (Å²) < 4.78 is 1.46. The number of nitrogens with one attached hydrogen (secondary N) is 1. The maximum Gasteiger partial charge on any atom is 0.254 e. The Labute approximate surface area is 113 Å². The van der Waals surface area contributed by atoms with Crippen LogP contribution in [0.15, 0.2) is 23.1 Å². The molecule has 5 heteroatoms. The monoisotopic (exact) mass is 263 g/mol. The third-order valence-corrected chi connectivity index (χ3v) is 3.62. The highest BCUT2D eigenvalue weighted by molar-refractivity contribution is 5.94. The van der Waals surface area contributed by atoms with Crippen LogP contribution in [0.5, 0.6) is 0 Å². The zero-order chi connectivity index (χ0) is 13.8. The molecule has 1 aromatic heterocycles. The quantitative estimate of drug-likeness (QED) is 0.865. The summed E-state index contributed by atoms with van der Waals surface area (Å²) in [5, 5.41) is 3.39. The molecule has 1 atom stereocenters. The molecule has 1 saturated heterocycles. The average Bonchev–Trinajstić information content (AvgIpc) is 2.91. The largest absolute Gasteiger partial charge is 0.337 e. The molecule has 1 unspecified atom stereocenters. The normalized spacial score (nSPS) is 18.5. The topological polar surface area (TPSA) is 54.3 Å². The first-order chi connectivity index (χ1) is 9.11. The lowest BCUT2D eigenvalue weighted by molar-refractivity contribution is 0.0751. The second kappa shape index (κ2) is 6.02. The van der Waals surface area contributed by atoms with Crippen LogP contribution in [0.4, 0.5) is 0 Å². The van der Waals surface area contributed by atoms with Crippen molar-refractivity contribution in [3.8, 4) is 0 Å². The molecule has 2 rings (SSSR count). The number of aromatic nitrogens is 1. The van der Waals surface area contributed by atoms with E-state index in [1.165, 1.54) is 17.1 Å². The highest BCUT2D eigenvalue weighted by Crippen LogP contribution is 2.09. The second-order valence-electron chi connectivity index (χ2n) is 5.00. The number of likely N-dealkylation sites (N-methyl/N-ethyl adjacent to an activating group) is 1. The number of aryl methyl sites for hydroxylation is 1. The van der Waals surface area contributed by atoms with Gasteiger partial charge in [-0.05, 0) is 32.4 Å². The fraction of sp³-hybridized carbons (Fsp3) is 0.571. The number of nitrogens with zero attached hydrogens (tertiary/aromatic N) is 2. The zero-order valence-electron chi connectivity index (χ0n) is 11.6. The van der Waals surface area contributed by atoms with Crippen molar-refractivity contribution in [3.63, 3.8) is 0 Å². The second-order valence-corrected chi connectivity index (χ2v) is 5.00. The van der Waals surface area contributed by atoms with Crippen molar-refractivity contribution in [1.29, 1.82) is 0 Å². The molecule has 1 aliphatic heterocycles. The van der Waals surface area contributed by atoms with Gasteiger partial charge in [-0.2, -0.15) is 0 Å².